The monoisotopic (exact) mass is 306 g/mol. The number of benzene rings is 1. The van der Waals surface area contributed by atoms with Crippen molar-refractivity contribution in [3.05, 3.63) is 66.3 Å². The van der Waals surface area contributed by atoms with Gasteiger partial charge in [0.2, 0.25) is 0 Å². The van der Waals surface area contributed by atoms with E-state index in [0.717, 1.165) is 11.8 Å². The van der Waals surface area contributed by atoms with E-state index in [1.54, 1.807) is 0 Å². The van der Waals surface area contributed by atoms with Crippen LogP contribution in [-0.2, 0) is 0 Å². The van der Waals surface area contributed by atoms with Gasteiger partial charge in [-0.05, 0) is 73.8 Å². The minimum atomic E-state index is 0.402. The van der Waals surface area contributed by atoms with Gasteiger partial charge in [-0.3, -0.25) is 0 Å². The van der Waals surface area contributed by atoms with Crippen molar-refractivity contribution in [1.82, 2.24) is 0 Å². The molecule has 1 aromatic rings. The van der Waals surface area contributed by atoms with Gasteiger partial charge in [0.1, 0.15) is 0 Å². The highest BCUT2D eigenvalue weighted by Crippen LogP contribution is 2.48. The van der Waals surface area contributed by atoms with Crippen LogP contribution in [0, 0.1) is 17.3 Å². The summed E-state index contributed by atoms with van der Waals surface area (Å²) in [7, 11) is 0. The molecule has 0 nitrogen and oxygen atoms in total. The lowest BCUT2D eigenvalue weighted by Gasteiger charge is -2.42. The third kappa shape index (κ3) is 3.52. The lowest BCUT2D eigenvalue weighted by Crippen LogP contribution is -2.32. The van der Waals surface area contributed by atoms with Crippen LogP contribution in [0.3, 0.4) is 0 Å². The van der Waals surface area contributed by atoms with Crippen LogP contribution in [0.1, 0.15) is 57.9 Å². The highest BCUT2D eigenvalue weighted by Gasteiger charge is 2.37. The molecule has 23 heavy (non-hydrogen) atoms. The first-order valence-corrected chi connectivity index (χ1v) is 9.35. The maximum atomic E-state index is 2.55. The van der Waals surface area contributed by atoms with E-state index in [9.17, 15) is 0 Å². The quantitative estimate of drug-likeness (QED) is 0.536. The van der Waals surface area contributed by atoms with Gasteiger partial charge >= 0.3 is 0 Å². The second-order valence-corrected chi connectivity index (χ2v) is 7.29. The van der Waals surface area contributed by atoms with E-state index in [0.29, 0.717) is 5.41 Å². The molecule has 2 aliphatic carbocycles. The summed E-state index contributed by atoms with van der Waals surface area (Å²) in [4.78, 5) is 0. The molecule has 0 aromatic heterocycles. The van der Waals surface area contributed by atoms with Gasteiger partial charge < -0.3 is 0 Å². The molecule has 0 spiro atoms. The molecule has 1 aromatic carbocycles. The summed E-state index contributed by atoms with van der Waals surface area (Å²) in [5, 5.41) is 0. The van der Waals surface area contributed by atoms with Gasteiger partial charge in [0.25, 0.3) is 0 Å². The Hall–Kier alpha value is -1.56. The minimum absolute atomic E-state index is 0.402. The fourth-order valence-electron chi connectivity index (χ4n) is 4.55. The van der Waals surface area contributed by atoms with Crippen LogP contribution in [0.4, 0.5) is 0 Å². The lowest BCUT2D eigenvalue weighted by atomic mass is 9.62. The third-order valence-electron chi connectivity index (χ3n) is 6.11. The summed E-state index contributed by atoms with van der Waals surface area (Å²) in [5.74, 6) is 1.69. The van der Waals surface area contributed by atoms with Gasteiger partial charge in [-0.1, -0.05) is 67.6 Å². The van der Waals surface area contributed by atoms with Crippen LogP contribution in [-0.4, -0.2) is 0 Å². The first-order chi connectivity index (χ1) is 11.3. The number of rotatable bonds is 4. The lowest BCUT2D eigenvalue weighted by molar-refractivity contribution is 0.150. The van der Waals surface area contributed by atoms with Crippen molar-refractivity contribution >= 4 is 5.57 Å². The molecular formula is C23H30. The molecule has 0 bridgehead atoms. The zero-order chi connectivity index (χ0) is 16.1. The van der Waals surface area contributed by atoms with E-state index < -0.39 is 0 Å². The van der Waals surface area contributed by atoms with Crippen LogP contribution < -0.4 is 0 Å². The predicted molar refractivity (Wildman–Crippen MR) is 101 cm³/mol. The Morgan fingerprint density at radius 1 is 1.09 bits per heavy atom. The standard InChI is InChI=1S/C23H30/c1-3-8-19-11-13-22(14-12-19)23(4-2)17-15-21(16-18-23)20-9-6-5-7-10-20/h3,5-10,15-17,19,22H,4,11-14,18H2,1-2H3/t19-,22-,23?. The predicted octanol–water partition coefficient (Wildman–Crippen LogP) is 6.81. The van der Waals surface area contributed by atoms with Crippen molar-refractivity contribution in [2.75, 3.05) is 0 Å². The number of hydrogen-bond donors (Lipinski definition) is 0. The Labute approximate surface area is 142 Å². The van der Waals surface area contributed by atoms with Crippen molar-refractivity contribution in [2.24, 2.45) is 17.3 Å². The Bertz CT molecular complexity index is 582. The number of hydrogen-bond acceptors (Lipinski definition) is 0. The van der Waals surface area contributed by atoms with Gasteiger partial charge in [-0.2, -0.15) is 0 Å². The highest BCUT2D eigenvalue weighted by atomic mass is 14.4. The summed E-state index contributed by atoms with van der Waals surface area (Å²) in [5.41, 5.74) is 3.15. The number of allylic oxidation sites excluding steroid dienone is 6. The summed E-state index contributed by atoms with van der Waals surface area (Å²) in [6, 6.07) is 10.8. The smallest absolute Gasteiger partial charge is 0.00545 e. The van der Waals surface area contributed by atoms with Crippen LogP contribution in [0.5, 0.6) is 0 Å². The van der Waals surface area contributed by atoms with Crippen molar-refractivity contribution in [1.29, 1.82) is 0 Å². The van der Waals surface area contributed by atoms with Crippen molar-refractivity contribution in [3.63, 3.8) is 0 Å². The second-order valence-electron chi connectivity index (χ2n) is 7.29. The second kappa shape index (κ2) is 7.34. The van der Waals surface area contributed by atoms with E-state index in [1.165, 1.54) is 49.7 Å². The average Bonchev–Trinajstić information content (AvgIpc) is 2.63. The van der Waals surface area contributed by atoms with E-state index in [4.69, 9.17) is 0 Å². The van der Waals surface area contributed by atoms with Gasteiger partial charge in [0, 0.05) is 0 Å². The summed E-state index contributed by atoms with van der Waals surface area (Å²) in [6.45, 7) is 4.53. The van der Waals surface area contributed by atoms with Crippen molar-refractivity contribution in [3.8, 4) is 0 Å². The Balaban J connectivity index is 1.70. The fraction of sp³-hybridized carbons (Fsp3) is 0.478. The summed E-state index contributed by atoms with van der Waals surface area (Å²) in [6.07, 6.45) is 20.1. The molecule has 1 fully saturated rings. The van der Waals surface area contributed by atoms with Crippen LogP contribution in [0.2, 0.25) is 0 Å². The van der Waals surface area contributed by atoms with Gasteiger partial charge in [-0.25, -0.2) is 0 Å². The molecule has 1 saturated carbocycles. The minimum Gasteiger partial charge on any atom is -0.0914 e. The molecule has 1 unspecified atom stereocenters. The third-order valence-corrected chi connectivity index (χ3v) is 6.11. The molecule has 0 radical (unpaired) electrons. The molecule has 0 aliphatic heterocycles. The SMILES string of the molecule is CC=C[C@H]1CC[C@H](C2(CC)C=CC(c3ccccc3)=CC2)CC1. The van der Waals surface area contributed by atoms with Crippen LogP contribution >= 0.6 is 0 Å². The van der Waals surface area contributed by atoms with Gasteiger partial charge in [0.05, 0.1) is 0 Å². The normalized spacial score (nSPS) is 31.3. The first-order valence-electron chi connectivity index (χ1n) is 9.35. The molecule has 0 heterocycles. The molecule has 0 amide bonds. The molecule has 2 aliphatic rings. The zero-order valence-electron chi connectivity index (χ0n) is 14.7. The Kier molecular flexibility index (Phi) is 5.20. The molecule has 0 saturated heterocycles. The van der Waals surface area contributed by atoms with Crippen molar-refractivity contribution < 1.29 is 0 Å². The largest absolute Gasteiger partial charge is 0.0914 e. The van der Waals surface area contributed by atoms with E-state index >= 15 is 0 Å². The molecule has 122 valence electrons. The fourth-order valence-corrected chi connectivity index (χ4v) is 4.55. The van der Waals surface area contributed by atoms with E-state index in [-0.39, 0.29) is 0 Å². The average molecular weight is 306 g/mol. The molecule has 0 heteroatoms. The van der Waals surface area contributed by atoms with Gasteiger partial charge in [-0.15, -0.1) is 0 Å². The maximum absolute atomic E-state index is 2.55. The van der Waals surface area contributed by atoms with E-state index in [1.807, 2.05) is 0 Å². The molecule has 1 atom stereocenters. The summed E-state index contributed by atoms with van der Waals surface area (Å²) < 4.78 is 0. The van der Waals surface area contributed by atoms with Crippen LogP contribution in [0.15, 0.2) is 60.7 Å². The zero-order valence-corrected chi connectivity index (χ0v) is 14.7. The Morgan fingerprint density at radius 2 is 1.83 bits per heavy atom. The first kappa shape index (κ1) is 16.3. The maximum Gasteiger partial charge on any atom is -0.00545 e. The van der Waals surface area contributed by atoms with Crippen LogP contribution in [0.25, 0.3) is 5.57 Å². The van der Waals surface area contributed by atoms with E-state index in [2.05, 4.69) is 74.6 Å². The van der Waals surface area contributed by atoms with Crippen molar-refractivity contribution in [2.45, 2.75) is 52.4 Å². The van der Waals surface area contributed by atoms with Gasteiger partial charge in [0.15, 0.2) is 0 Å². The molecule has 3 rings (SSSR count). The molecule has 0 N–H and O–H groups in total. The topological polar surface area (TPSA) is 0 Å². The Morgan fingerprint density at radius 3 is 2.39 bits per heavy atom. The highest BCUT2D eigenvalue weighted by molar-refractivity contribution is 5.75. The molecular weight excluding hydrogens is 276 g/mol. The summed E-state index contributed by atoms with van der Waals surface area (Å²) >= 11 is 0.